The number of aromatic nitrogens is 1. The Morgan fingerprint density at radius 1 is 0.568 bits per heavy atom. The molecule has 8 aromatic rings. The summed E-state index contributed by atoms with van der Waals surface area (Å²) in [5.41, 5.74) is 11.3. The molecule has 3 aromatic heterocycles. The van der Waals surface area contributed by atoms with Gasteiger partial charge in [-0.15, -0.1) is 0 Å². The van der Waals surface area contributed by atoms with Crippen LogP contribution in [0.1, 0.15) is 11.3 Å². The van der Waals surface area contributed by atoms with Crippen LogP contribution in [0.2, 0.25) is 0 Å². The van der Waals surface area contributed by atoms with Crippen LogP contribution in [0.3, 0.4) is 0 Å². The number of hydrogen-bond donors (Lipinski definition) is 0. The van der Waals surface area contributed by atoms with Crippen LogP contribution >= 0.6 is 0 Å². The van der Waals surface area contributed by atoms with E-state index in [2.05, 4.69) is 112 Å². The van der Waals surface area contributed by atoms with Crippen LogP contribution in [-0.4, -0.2) is 11.2 Å². The lowest BCUT2D eigenvalue weighted by atomic mass is 9.99. The van der Waals surface area contributed by atoms with Gasteiger partial charge in [0.15, 0.2) is 5.58 Å². The largest absolute Gasteiger partial charge is 0.458 e. The van der Waals surface area contributed by atoms with E-state index >= 15 is 0 Å². The van der Waals surface area contributed by atoms with Crippen molar-refractivity contribution >= 4 is 56.2 Å². The zero-order valence-corrected chi connectivity index (χ0v) is 23.6. The van der Waals surface area contributed by atoms with Gasteiger partial charge in [-0.3, -0.25) is 9.98 Å². The molecule has 0 atom stereocenters. The summed E-state index contributed by atoms with van der Waals surface area (Å²) in [4.78, 5) is 11.1. The maximum atomic E-state index is 6.26. The standard InChI is InChI=1S/C39H25N3O2/c1-2-6-25(7-3-1)26-12-14-27(15-13-26)28-8-4-9-29(20-28)42(34-10-5-11-36-39(34)33-22-41-24-38(33)44-36)30-16-17-35-32(21-30)31-18-19-40-23-37(31)43-35/h1-23H,24H2. The lowest BCUT2D eigenvalue weighted by Crippen LogP contribution is -2.10. The average Bonchev–Trinajstić information content (AvgIpc) is 3.79. The van der Waals surface area contributed by atoms with Gasteiger partial charge in [0, 0.05) is 40.1 Å². The minimum atomic E-state index is 0.568. The molecule has 0 aliphatic carbocycles. The summed E-state index contributed by atoms with van der Waals surface area (Å²) in [5, 5.41) is 3.14. The number of anilines is 3. The Morgan fingerprint density at radius 3 is 2.23 bits per heavy atom. The van der Waals surface area contributed by atoms with Gasteiger partial charge in [-0.05, 0) is 70.8 Å². The molecule has 0 unspecified atom stereocenters. The summed E-state index contributed by atoms with van der Waals surface area (Å²) in [6.45, 7) is 0.568. The van der Waals surface area contributed by atoms with Crippen molar-refractivity contribution in [3.05, 3.63) is 145 Å². The molecule has 1 aliphatic heterocycles. The number of rotatable bonds is 5. The zero-order chi connectivity index (χ0) is 29.0. The van der Waals surface area contributed by atoms with Crippen LogP contribution in [0, 0.1) is 0 Å². The molecule has 0 fully saturated rings. The molecule has 0 spiro atoms. The molecule has 9 rings (SSSR count). The highest BCUT2D eigenvalue weighted by atomic mass is 16.3. The molecule has 0 bridgehead atoms. The van der Waals surface area contributed by atoms with Crippen LogP contribution in [-0.2, 0) is 6.54 Å². The van der Waals surface area contributed by atoms with Crippen molar-refractivity contribution in [1.82, 2.24) is 4.98 Å². The van der Waals surface area contributed by atoms with E-state index in [0.717, 1.165) is 72.4 Å². The van der Waals surface area contributed by atoms with Crippen molar-refractivity contribution < 1.29 is 8.83 Å². The second-order valence-electron chi connectivity index (χ2n) is 11.0. The summed E-state index contributed by atoms with van der Waals surface area (Å²) in [7, 11) is 0. The van der Waals surface area contributed by atoms with Crippen molar-refractivity contribution in [2.45, 2.75) is 6.54 Å². The molecule has 1 aliphatic rings. The molecule has 208 valence electrons. The van der Waals surface area contributed by atoms with Crippen molar-refractivity contribution in [2.24, 2.45) is 4.99 Å². The zero-order valence-electron chi connectivity index (χ0n) is 23.6. The lowest BCUT2D eigenvalue weighted by Gasteiger charge is -2.27. The monoisotopic (exact) mass is 567 g/mol. The second-order valence-corrected chi connectivity index (χ2v) is 11.0. The third-order valence-corrected chi connectivity index (χ3v) is 8.45. The first-order valence-corrected chi connectivity index (χ1v) is 14.7. The van der Waals surface area contributed by atoms with Gasteiger partial charge in [-0.2, -0.15) is 0 Å². The van der Waals surface area contributed by atoms with Gasteiger partial charge in [0.2, 0.25) is 0 Å². The highest BCUT2D eigenvalue weighted by Gasteiger charge is 2.24. The highest BCUT2D eigenvalue weighted by Crippen LogP contribution is 2.44. The fourth-order valence-electron chi connectivity index (χ4n) is 6.36. The van der Waals surface area contributed by atoms with E-state index in [0.29, 0.717) is 6.54 Å². The topological polar surface area (TPSA) is 54.8 Å². The molecule has 0 N–H and O–H groups in total. The van der Waals surface area contributed by atoms with Crippen molar-refractivity contribution in [2.75, 3.05) is 4.90 Å². The Kier molecular flexibility index (Phi) is 5.50. The molecule has 0 saturated carbocycles. The summed E-state index contributed by atoms with van der Waals surface area (Å²) < 4.78 is 12.4. The third-order valence-electron chi connectivity index (χ3n) is 8.45. The average molecular weight is 568 g/mol. The quantitative estimate of drug-likeness (QED) is 0.208. The first-order valence-electron chi connectivity index (χ1n) is 14.7. The number of fused-ring (bicyclic) bond motifs is 6. The van der Waals surface area contributed by atoms with E-state index in [1.54, 1.807) is 6.20 Å². The second kappa shape index (κ2) is 9.82. The minimum Gasteiger partial charge on any atom is -0.458 e. The minimum absolute atomic E-state index is 0.568. The number of nitrogens with zero attached hydrogens (tertiary/aromatic N) is 3. The molecule has 5 nitrogen and oxygen atoms in total. The van der Waals surface area contributed by atoms with Crippen molar-refractivity contribution in [1.29, 1.82) is 0 Å². The van der Waals surface area contributed by atoms with Gasteiger partial charge in [-0.25, -0.2) is 0 Å². The summed E-state index contributed by atoms with van der Waals surface area (Å²) in [6.07, 6.45) is 5.52. The summed E-state index contributed by atoms with van der Waals surface area (Å²) >= 11 is 0. The molecular weight excluding hydrogens is 542 g/mol. The molecule has 0 saturated heterocycles. The molecular formula is C39H25N3O2. The SMILES string of the molecule is C1=NCc2oc3cccc(N(c4cccc(-c5ccc(-c6ccccc6)cc5)c4)c4ccc5oc6cnccc6c5c4)c3c21. The van der Waals surface area contributed by atoms with Gasteiger partial charge in [0.1, 0.15) is 16.9 Å². The first kappa shape index (κ1) is 24.6. The Bertz CT molecular complexity index is 2370. The number of aliphatic imine (C=N–C) groups is 1. The molecule has 0 amide bonds. The number of hydrogen-bond acceptors (Lipinski definition) is 5. The van der Waals surface area contributed by atoms with Gasteiger partial charge in [0.25, 0.3) is 0 Å². The smallest absolute Gasteiger partial charge is 0.153 e. The Balaban J connectivity index is 1.23. The normalized spacial score (nSPS) is 12.4. The first-order chi connectivity index (χ1) is 21.8. The van der Waals surface area contributed by atoms with E-state index in [9.17, 15) is 0 Å². The fourth-order valence-corrected chi connectivity index (χ4v) is 6.36. The Morgan fingerprint density at radius 2 is 1.34 bits per heavy atom. The third kappa shape index (κ3) is 3.94. The van der Waals surface area contributed by atoms with Gasteiger partial charge >= 0.3 is 0 Å². The van der Waals surface area contributed by atoms with Crippen LogP contribution in [0.25, 0.3) is 55.2 Å². The van der Waals surface area contributed by atoms with Crippen LogP contribution in [0.5, 0.6) is 0 Å². The summed E-state index contributed by atoms with van der Waals surface area (Å²) in [5.74, 6) is 0.906. The van der Waals surface area contributed by atoms with Gasteiger partial charge in [0.05, 0.1) is 23.8 Å². The predicted octanol–water partition coefficient (Wildman–Crippen LogP) is 10.5. The van der Waals surface area contributed by atoms with Crippen molar-refractivity contribution in [3.63, 3.8) is 0 Å². The number of furan rings is 2. The van der Waals surface area contributed by atoms with Gasteiger partial charge in [-0.1, -0.05) is 72.8 Å². The molecule has 5 heteroatoms. The van der Waals surface area contributed by atoms with E-state index in [4.69, 9.17) is 8.83 Å². The lowest BCUT2D eigenvalue weighted by molar-refractivity contribution is 0.557. The van der Waals surface area contributed by atoms with Crippen molar-refractivity contribution in [3.8, 4) is 22.3 Å². The van der Waals surface area contributed by atoms with E-state index < -0.39 is 0 Å². The van der Waals surface area contributed by atoms with E-state index in [1.807, 2.05) is 36.7 Å². The number of pyridine rings is 1. The Hall–Kier alpha value is -5.94. The maximum Gasteiger partial charge on any atom is 0.153 e. The van der Waals surface area contributed by atoms with Gasteiger partial charge < -0.3 is 13.7 Å². The summed E-state index contributed by atoms with van der Waals surface area (Å²) in [6, 6.07) is 42.6. The van der Waals surface area contributed by atoms with Crippen LogP contribution in [0.15, 0.2) is 148 Å². The van der Waals surface area contributed by atoms with E-state index in [-0.39, 0.29) is 0 Å². The molecule has 5 aromatic carbocycles. The fraction of sp³-hybridized carbons (Fsp3) is 0.0256. The van der Waals surface area contributed by atoms with E-state index in [1.165, 1.54) is 11.1 Å². The van der Waals surface area contributed by atoms with Crippen LogP contribution < -0.4 is 4.90 Å². The molecule has 44 heavy (non-hydrogen) atoms. The predicted molar refractivity (Wildman–Crippen MR) is 178 cm³/mol. The Labute approximate surface area is 253 Å². The molecule has 0 radical (unpaired) electrons. The molecule has 4 heterocycles. The highest BCUT2D eigenvalue weighted by molar-refractivity contribution is 6.10. The number of benzene rings is 5. The maximum absolute atomic E-state index is 6.26. The van der Waals surface area contributed by atoms with Crippen LogP contribution in [0.4, 0.5) is 17.1 Å².